The molecule has 3 heterocycles. The summed E-state index contributed by atoms with van der Waals surface area (Å²) in [6.45, 7) is 5.37. The lowest BCUT2D eigenvalue weighted by Crippen LogP contribution is -2.42. The molecule has 24 heavy (non-hydrogen) atoms. The molecule has 2 aromatic heterocycles. The third-order valence-electron chi connectivity index (χ3n) is 4.04. The number of carbonyl (C=O) groups excluding carboxylic acids is 1. The maximum Gasteiger partial charge on any atom is 0.236 e. The van der Waals surface area contributed by atoms with Crippen molar-refractivity contribution in [1.82, 2.24) is 19.9 Å². The Labute approximate surface area is 145 Å². The molecule has 8 heteroatoms. The molecular formula is C16H22N6OS. The molecule has 1 aliphatic rings. The second kappa shape index (κ2) is 7.23. The molecule has 0 bridgehead atoms. The van der Waals surface area contributed by atoms with Crippen molar-refractivity contribution in [3.63, 3.8) is 0 Å². The van der Waals surface area contributed by atoms with Gasteiger partial charge in [-0.1, -0.05) is 0 Å². The fraction of sp³-hybridized carbons (Fsp3) is 0.500. The number of anilines is 2. The Bertz CT molecular complexity index is 731. The highest BCUT2D eigenvalue weighted by Gasteiger charge is 2.26. The van der Waals surface area contributed by atoms with Crippen LogP contribution in [0.4, 0.5) is 10.9 Å². The molecule has 128 valence electrons. The largest absolute Gasteiger partial charge is 0.341 e. The Balaban J connectivity index is 1.79. The van der Waals surface area contributed by atoms with E-state index in [4.69, 9.17) is 5.73 Å². The quantitative estimate of drug-likeness (QED) is 0.878. The summed E-state index contributed by atoms with van der Waals surface area (Å²) in [6, 6.07) is 1.91. The van der Waals surface area contributed by atoms with Gasteiger partial charge in [0.05, 0.1) is 12.2 Å². The predicted molar refractivity (Wildman–Crippen MR) is 94.5 cm³/mol. The van der Waals surface area contributed by atoms with Crippen LogP contribution >= 0.6 is 11.3 Å². The van der Waals surface area contributed by atoms with Gasteiger partial charge in [0, 0.05) is 36.1 Å². The second-order valence-electron chi connectivity index (χ2n) is 6.05. The lowest BCUT2D eigenvalue weighted by molar-refractivity contribution is -0.130. The molecule has 0 aliphatic carbocycles. The zero-order chi connectivity index (χ0) is 17.1. The number of nitrogens with one attached hydrogen (secondary N) is 1. The Hall–Kier alpha value is -2.06. The average Bonchev–Trinajstić information content (AvgIpc) is 2.98. The van der Waals surface area contributed by atoms with Crippen LogP contribution < -0.4 is 11.1 Å². The van der Waals surface area contributed by atoms with Crippen molar-refractivity contribution >= 4 is 28.2 Å². The molecular weight excluding hydrogens is 324 g/mol. The Morgan fingerprint density at radius 2 is 2.21 bits per heavy atom. The molecule has 1 atom stereocenters. The number of likely N-dealkylation sites (tertiary alicyclic amines) is 1. The number of thiazole rings is 1. The fourth-order valence-electron chi connectivity index (χ4n) is 2.90. The summed E-state index contributed by atoms with van der Waals surface area (Å²) < 4.78 is 0. The molecule has 0 saturated carbocycles. The van der Waals surface area contributed by atoms with E-state index in [2.05, 4.69) is 20.3 Å². The first-order chi connectivity index (χ1) is 11.5. The van der Waals surface area contributed by atoms with Gasteiger partial charge in [-0.3, -0.25) is 4.79 Å². The highest BCUT2D eigenvalue weighted by Crippen LogP contribution is 2.27. The predicted octanol–water partition coefficient (Wildman–Crippen LogP) is 1.96. The smallest absolute Gasteiger partial charge is 0.236 e. The van der Waals surface area contributed by atoms with E-state index < -0.39 is 0 Å². The standard InChI is InChI=1S/C16H22N6OS/c1-10-6-13(21-16-19-11(2)9-24-16)20-15(18-10)12-4-3-5-22(8-12)14(23)7-17/h6,9,12H,3-5,7-8,17H2,1-2H3,(H,18,19,20,21). The van der Waals surface area contributed by atoms with Crippen molar-refractivity contribution < 1.29 is 4.79 Å². The SMILES string of the molecule is Cc1cc(Nc2nc(C)cs2)nc(C2CCCN(C(=O)CN)C2)n1. The minimum atomic E-state index is -0.0102. The summed E-state index contributed by atoms with van der Waals surface area (Å²) in [5.41, 5.74) is 7.37. The van der Waals surface area contributed by atoms with Crippen molar-refractivity contribution in [1.29, 1.82) is 0 Å². The van der Waals surface area contributed by atoms with Gasteiger partial charge in [-0.2, -0.15) is 0 Å². The van der Waals surface area contributed by atoms with E-state index in [1.54, 1.807) is 11.3 Å². The highest BCUT2D eigenvalue weighted by atomic mass is 32.1. The van der Waals surface area contributed by atoms with Crippen LogP contribution in [0, 0.1) is 13.8 Å². The highest BCUT2D eigenvalue weighted by molar-refractivity contribution is 7.13. The van der Waals surface area contributed by atoms with Gasteiger partial charge in [-0.15, -0.1) is 11.3 Å². The molecule has 7 nitrogen and oxygen atoms in total. The Morgan fingerprint density at radius 1 is 1.38 bits per heavy atom. The van der Waals surface area contributed by atoms with Crippen molar-refractivity contribution in [2.75, 3.05) is 25.0 Å². The number of hydrogen-bond donors (Lipinski definition) is 2. The van der Waals surface area contributed by atoms with Gasteiger partial charge in [0.1, 0.15) is 11.6 Å². The molecule has 1 saturated heterocycles. The van der Waals surface area contributed by atoms with E-state index >= 15 is 0 Å². The molecule has 1 amide bonds. The summed E-state index contributed by atoms with van der Waals surface area (Å²) in [6.07, 6.45) is 1.93. The summed E-state index contributed by atoms with van der Waals surface area (Å²) in [7, 11) is 0. The Morgan fingerprint density at radius 3 is 2.92 bits per heavy atom. The van der Waals surface area contributed by atoms with Crippen molar-refractivity contribution in [3.8, 4) is 0 Å². The van der Waals surface area contributed by atoms with Crippen LogP contribution in [0.5, 0.6) is 0 Å². The van der Waals surface area contributed by atoms with Gasteiger partial charge < -0.3 is 16.0 Å². The number of piperidine rings is 1. The van der Waals surface area contributed by atoms with E-state index in [1.807, 2.05) is 30.2 Å². The third-order valence-corrected chi connectivity index (χ3v) is 4.91. The van der Waals surface area contributed by atoms with E-state index in [0.717, 1.165) is 47.5 Å². The molecule has 2 aromatic rings. The zero-order valence-corrected chi connectivity index (χ0v) is 14.8. The van der Waals surface area contributed by atoms with Gasteiger partial charge in [-0.05, 0) is 26.7 Å². The molecule has 1 aliphatic heterocycles. The van der Waals surface area contributed by atoms with Crippen LogP contribution in [0.1, 0.15) is 36.0 Å². The number of carbonyl (C=O) groups is 1. The first-order valence-electron chi connectivity index (χ1n) is 8.07. The maximum atomic E-state index is 11.9. The van der Waals surface area contributed by atoms with Crippen molar-refractivity contribution in [2.45, 2.75) is 32.6 Å². The monoisotopic (exact) mass is 346 g/mol. The summed E-state index contributed by atoms with van der Waals surface area (Å²) in [5, 5.41) is 6.06. The van der Waals surface area contributed by atoms with Crippen LogP contribution in [0.25, 0.3) is 0 Å². The minimum absolute atomic E-state index is 0.0102. The van der Waals surface area contributed by atoms with Crippen LogP contribution in [-0.4, -0.2) is 45.4 Å². The first-order valence-corrected chi connectivity index (χ1v) is 8.95. The normalized spacial score (nSPS) is 17.8. The van der Waals surface area contributed by atoms with Crippen LogP contribution in [0.15, 0.2) is 11.4 Å². The van der Waals surface area contributed by atoms with Crippen LogP contribution in [-0.2, 0) is 4.79 Å². The van der Waals surface area contributed by atoms with E-state index in [0.29, 0.717) is 6.54 Å². The van der Waals surface area contributed by atoms with Gasteiger partial charge in [-0.25, -0.2) is 15.0 Å². The fourth-order valence-corrected chi connectivity index (χ4v) is 3.60. The first kappa shape index (κ1) is 16.8. The molecule has 0 radical (unpaired) electrons. The number of aryl methyl sites for hydroxylation is 2. The van der Waals surface area contributed by atoms with Crippen LogP contribution in [0.2, 0.25) is 0 Å². The lowest BCUT2D eigenvalue weighted by Gasteiger charge is -2.32. The number of aromatic nitrogens is 3. The molecule has 0 aromatic carbocycles. The molecule has 3 rings (SSSR count). The topological polar surface area (TPSA) is 97.0 Å². The zero-order valence-electron chi connectivity index (χ0n) is 14.0. The molecule has 0 spiro atoms. The molecule has 1 unspecified atom stereocenters. The van der Waals surface area contributed by atoms with Gasteiger partial charge in [0.25, 0.3) is 0 Å². The summed E-state index contributed by atoms with van der Waals surface area (Å²) in [4.78, 5) is 27.3. The Kier molecular flexibility index (Phi) is 5.06. The summed E-state index contributed by atoms with van der Waals surface area (Å²) in [5.74, 6) is 1.66. The summed E-state index contributed by atoms with van der Waals surface area (Å²) >= 11 is 1.55. The third kappa shape index (κ3) is 3.88. The average molecular weight is 346 g/mol. The van der Waals surface area contributed by atoms with Crippen molar-refractivity contribution in [3.05, 3.63) is 28.7 Å². The maximum absolute atomic E-state index is 11.9. The number of amides is 1. The number of nitrogens with two attached hydrogens (primary N) is 1. The number of hydrogen-bond acceptors (Lipinski definition) is 7. The van der Waals surface area contributed by atoms with E-state index in [-0.39, 0.29) is 18.4 Å². The van der Waals surface area contributed by atoms with Gasteiger partial charge >= 0.3 is 0 Å². The molecule has 1 fully saturated rings. The number of nitrogens with zero attached hydrogens (tertiary/aromatic N) is 4. The van der Waals surface area contributed by atoms with Gasteiger partial charge in [0.2, 0.25) is 5.91 Å². The van der Waals surface area contributed by atoms with Crippen LogP contribution in [0.3, 0.4) is 0 Å². The van der Waals surface area contributed by atoms with E-state index in [9.17, 15) is 4.79 Å². The van der Waals surface area contributed by atoms with E-state index in [1.165, 1.54) is 0 Å². The molecule has 3 N–H and O–H groups in total. The second-order valence-corrected chi connectivity index (χ2v) is 6.91. The minimum Gasteiger partial charge on any atom is -0.341 e. The van der Waals surface area contributed by atoms with Crippen molar-refractivity contribution in [2.24, 2.45) is 5.73 Å². The number of rotatable bonds is 4. The van der Waals surface area contributed by atoms with Gasteiger partial charge in [0.15, 0.2) is 5.13 Å². The lowest BCUT2D eigenvalue weighted by atomic mass is 9.97.